The Bertz CT molecular complexity index is 750. The number of amides is 1. The standard InChI is InChI=1S/C17H19F3N4O.ClH/c1-12-3-5-13(6-4-12)24-15(17(18,19)20)14(11-22-24)16(25)23-9-2-7-21-8-10-23;/h3-6,11,21H,2,7-10H2,1H3;1H. The van der Waals surface area contributed by atoms with Gasteiger partial charge < -0.3 is 10.2 Å². The fourth-order valence-corrected chi connectivity index (χ4v) is 2.88. The molecule has 0 saturated carbocycles. The molecule has 0 aliphatic carbocycles. The van der Waals surface area contributed by atoms with Gasteiger partial charge in [0.1, 0.15) is 0 Å². The normalized spacial score (nSPS) is 15.3. The van der Waals surface area contributed by atoms with Gasteiger partial charge in [-0.2, -0.15) is 18.3 Å². The SMILES string of the molecule is Cc1ccc(-n2ncc(C(=O)N3CCCNCC3)c2C(F)(F)F)cc1.Cl. The Morgan fingerprint density at radius 3 is 2.50 bits per heavy atom. The van der Waals surface area contributed by atoms with Crippen molar-refractivity contribution in [3.63, 3.8) is 0 Å². The molecule has 2 heterocycles. The molecule has 3 rings (SSSR count). The van der Waals surface area contributed by atoms with Crippen LogP contribution in [0.15, 0.2) is 30.5 Å². The van der Waals surface area contributed by atoms with E-state index in [9.17, 15) is 18.0 Å². The van der Waals surface area contributed by atoms with Gasteiger partial charge in [-0.05, 0) is 32.0 Å². The van der Waals surface area contributed by atoms with Crippen LogP contribution in [0.1, 0.15) is 28.0 Å². The highest BCUT2D eigenvalue weighted by Crippen LogP contribution is 2.34. The van der Waals surface area contributed by atoms with Gasteiger partial charge in [0.05, 0.1) is 17.4 Å². The van der Waals surface area contributed by atoms with Crippen molar-refractivity contribution < 1.29 is 18.0 Å². The van der Waals surface area contributed by atoms with Gasteiger partial charge in [-0.3, -0.25) is 4.79 Å². The van der Waals surface area contributed by atoms with E-state index in [1.54, 1.807) is 24.3 Å². The maximum Gasteiger partial charge on any atom is 0.434 e. The maximum atomic E-state index is 13.7. The third kappa shape index (κ3) is 4.19. The van der Waals surface area contributed by atoms with Crippen LogP contribution in [0.2, 0.25) is 0 Å². The van der Waals surface area contributed by atoms with E-state index in [1.807, 2.05) is 6.92 Å². The first kappa shape index (κ1) is 20.3. The number of rotatable bonds is 2. The topological polar surface area (TPSA) is 50.2 Å². The number of hydrogen-bond acceptors (Lipinski definition) is 3. The molecule has 26 heavy (non-hydrogen) atoms. The molecule has 0 bridgehead atoms. The molecule has 0 spiro atoms. The average Bonchev–Trinajstić information content (AvgIpc) is 2.84. The summed E-state index contributed by atoms with van der Waals surface area (Å²) in [4.78, 5) is 14.1. The number of aryl methyl sites for hydroxylation is 1. The van der Waals surface area contributed by atoms with Crippen molar-refractivity contribution in [2.45, 2.75) is 19.5 Å². The van der Waals surface area contributed by atoms with E-state index in [2.05, 4.69) is 10.4 Å². The van der Waals surface area contributed by atoms with E-state index in [4.69, 9.17) is 0 Å². The van der Waals surface area contributed by atoms with Gasteiger partial charge in [-0.25, -0.2) is 4.68 Å². The van der Waals surface area contributed by atoms with Crippen molar-refractivity contribution in [3.8, 4) is 5.69 Å². The molecule has 5 nitrogen and oxygen atoms in total. The lowest BCUT2D eigenvalue weighted by molar-refractivity contribution is -0.143. The minimum atomic E-state index is -4.68. The quantitative estimate of drug-likeness (QED) is 0.860. The molecule has 9 heteroatoms. The zero-order valence-electron chi connectivity index (χ0n) is 14.2. The Balaban J connectivity index is 0.00000243. The molecule has 1 N–H and O–H groups in total. The highest BCUT2D eigenvalue weighted by atomic mass is 35.5. The largest absolute Gasteiger partial charge is 0.434 e. The lowest BCUT2D eigenvalue weighted by Crippen LogP contribution is -2.35. The summed E-state index contributed by atoms with van der Waals surface area (Å²) < 4.78 is 41.8. The van der Waals surface area contributed by atoms with E-state index in [0.29, 0.717) is 26.1 Å². The van der Waals surface area contributed by atoms with Gasteiger partial charge in [0.25, 0.3) is 5.91 Å². The molecule has 0 unspecified atom stereocenters. The second-order valence-electron chi connectivity index (χ2n) is 6.05. The first-order valence-electron chi connectivity index (χ1n) is 8.10. The summed E-state index contributed by atoms with van der Waals surface area (Å²) in [5.41, 5.74) is -0.235. The predicted molar refractivity (Wildman–Crippen MR) is 93.9 cm³/mol. The number of carbonyl (C=O) groups excluding carboxylic acids is 1. The molecular formula is C17H20ClF3N4O. The number of nitrogens with zero attached hydrogens (tertiary/aromatic N) is 3. The molecule has 1 aromatic heterocycles. The van der Waals surface area contributed by atoms with E-state index in [-0.39, 0.29) is 18.1 Å². The number of nitrogens with one attached hydrogen (secondary N) is 1. The van der Waals surface area contributed by atoms with Crippen molar-refractivity contribution in [3.05, 3.63) is 47.3 Å². The lowest BCUT2D eigenvalue weighted by atomic mass is 10.2. The monoisotopic (exact) mass is 388 g/mol. The van der Waals surface area contributed by atoms with Crippen molar-refractivity contribution in [1.29, 1.82) is 0 Å². The van der Waals surface area contributed by atoms with Gasteiger partial charge >= 0.3 is 6.18 Å². The Kier molecular flexibility index (Phi) is 6.30. The summed E-state index contributed by atoms with van der Waals surface area (Å²) in [6.45, 7) is 3.97. The zero-order chi connectivity index (χ0) is 18.0. The maximum absolute atomic E-state index is 13.7. The highest BCUT2D eigenvalue weighted by molar-refractivity contribution is 5.95. The van der Waals surface area contributed by atoms with Gasteiger partial charge in [-0.1, -0.05) is 17.7 Å². The number of alkyl halides is 3. The number of carbonyl (C=O) groups is 1. The third-order valence-corrected chi connectivity index (χ3v) is 4.17. The first-order valence-corrected chi connectivity index (χ1v) is 8.10. The van der Waals surface area contributed by atoms with Crippen LogP contribution in [0.4, 0.5) is 13.2 Å². The van der Waals surface area contributed by atoms with Crippen molar-refractivity contribution >= 4 is 18.3 Å². The van der Waals surface area contributed by atoms with Crippen LogP contribution >= 0.6 is 12.4 Å². The number of aromatic nitrogens is 2. The van der Waals surface area contributed by atoms with Crippen molar-refractivity contribution in [2.75, 3.05) is 26.2 Å². The molecule has 1 fully saturated rings. The van der Waals surface area contributed by atoms with E-state index in [1.165, 1.54) is 4.90 Å². The Morgan fingerprint density at radius 2 is 1.85 bits per heavy atom. The molecule has 142 valence electrons. The van der Waals surface area contributed by atoms with E-state index < -0.39 is 23.3 Å². The minimum Gasteiger partial charge on any atom is -0.337 e. The lowest BCUT2D eigenvalue weighted by Gasteiger charge is -2.20. The third-order valence-electron chi connectivity index (χ3n) is 4.17. The summed E-state index contributed by atoms with van der Waals surface area (Å²) in [7, 11) is 0. The predicted octanol–water partition coefficient (Wildman–Crippen LogP) is 3.06. The average molecular weight is 389 g/mol. The van der Waals surface area contributed by atoms with E-state index >= 15 is 0 Å². The fourth-order valence-electron chi connectivity index (χ4n) is 2.88. The Morgan fingerprint density at radius 1 is 1.15 bits per heavy atom. The van der Waals surface area contributed by atoms with Crippen LogP contribution < -0.4 is 5.32 Å². The summed E-state index contributed by atoms with van der Waals surface area (Å²) >= 11 is 0. The van der Waals surface area contributed by atoms with Crippen LogP contribution in [-0.4, -0.2) is 46.8 Å². The summed E-state index contributed by atoms with van der Waals surface area (Å²) in [5.74, 6) is -0.630. The molecular weight excluding hydrogens is 369 g/mol. The molecule has 1 saturated heterocycles. The van der Waals surface area contributed by atoms with Crippen LogP contribution in [0.5, 0.6) is 0 Å². The first-order chi connectivity index (χ1) is 11.9. The minimum absolute atomic E-state index is 0. The van der Waals surface area contributed by atoms with Crippen LogP contribution in [-0.2, 0) is 6.18 Å². The second kappa shape index (κ2) is 8.09. The summed E-state index contributed by atoms with van der Waals surface area (Å²) in [6, 6.07) is 6.53. The molecule has 1 amide bonds. The number of benzene rings is 1. The molecule has 0 atom stereocenters. The summed E-state index contributed by atoms with van der Waals surface area (Å²) in [5, 5.41) is 6.98. The highest BCUT2D eigenvalue weighted by Gasteiger charge is 2.41. The van der Waals surface area contributed by atoms with E-state index in [0.717, 1.165) is 23.0 Å². The van der Waals surface area contributed by atoms with Gasteiger partial charge in [0, 0.05) is 19.6 Å². The second-order valence-corrected chi connectivity index (χ2v) is 6.05. The zero-order valence-corrected chi connectivity index (χ0v) is 15.0. The van der Waals surface area contributed by atoms with Crippen molar-refractivity contribution in [2.24, 2.45) is 0 Å². The van der Waals surface area contributed by atoms with Gasteiger partial charge in [0.2, 0.25) is 0 Å². The number of hydrogen-bond donors (Lipinski definition) is 1. The van der Waals surface area contributed by atoms with Crippen LogP contribution in [0.25, 0.3) is 5.69 Å². The Labute approximate surface area is 155 Å². The smallest absolute Gasteiger partial charge is 0.337 e. The van der Waals surface area contributed by atoms with Gasteiger partial charge in [0.15, 0.2) is 5.69 Å². The van der Waals surface area contributed by atoms with Gasteiger partial charge in [-0.15, -0.1) is 12.4 Å². The van der Waals surface area contributed by atoms with Crippen molar-refractivity contribution in [1.82, 2.24) is 20.0 Å². The van der Waals surface area contributed by atoms with Crippen LogP contribution in [0, 0.1) is 6.92 Å². The molecule has 1 aromatic carbocycles. The number of halogens is 4. The Hall–Kier alpha value is -2.06. The van der Waals surface area contributed by atoms with Crippen LogP contribution in [0.3, 0.4) is 0 Å². The molecule has 1 aliphatic heterocycles. The molecule has 1 aliphatic rings. The molecule has 0 radical (unpaired) electrons. The molecule has 2 aromatic rings. The summed E-state index contributed by atoms with van der Waals surface area (Å²) in [6.07, 6.45) is -2.96. The fraction of sp³-hybridized carbons (Fsp3) is 0.412.